The minimum atomic E-state index is -0.499. The van der Waals surface area contributed by atoms with Crippen molar-refractivity contribution in [3.05, 3.63) is 48.0 Å². The van der Waals surface area contributed by atoms with Crippen molar-refractivity contribution in [3.63, 3.8) is 0 Å². The van der Waals surface area contributed by atoms with Gasteiger partial charge in [0, 0.05) is 10.8 Å². The van der Waals surface area contributed by atoms with Gasteiger partial charge in [0.1, 0.15) is 12.0 Å². The van der Waals surface area contributed by atoms with Crippen molar-refractivity contribution in [1.29, 1.82) is 0 Å². The lowest BCUT2D eigenvalue weighted by Gasteiger charge is -2.66. The number of fused-ring (bicyclic) bond motifs is 5. The minimum absolute atomic E-state index is 0.0202. The highest BCUT2D eigenvalue weighted by Gasteiger charge is 2.68. The fourth-order valence-corrected chi connectivity index (χ4v) is 8.65. The van der Waals surface area contributed by atoms with Gasteiger partial charge in [-0.15, -0.1) is 11.6 Å². The van der Waals surface area contributed by atoms with Crippen molar-refractivity contribution >= 4 is 23.4 Å². The zero-order valence-corrected chi connectivity index (χ0v) is 21.1. The Hall–Kier alpha value is -1.81. The molecular formula is C28H35ClO4. The first-order valence-corrected chi connectivity index (χ1v) is 12.8. The summed E-state index contributed by atoms with van der Waals surface area (Å²) in [5.74, 6) is 0.358. The zero-order chi connectivity index (χ0) is 23.8. The maximum Gasteiger partial charge on any atom is 0.321 e. The SMILES string of the molecule is CC1(C)C(=O)C=C[C@]2(C)[C@H]3CC[C@]4(C)C(=CC[C@H]4c4ccoc4)[C@]3(C)[C@H](OC(=O)CCl)C[C@@H]12. The van der Waals surface area contributed by atoms with E-state index in [4.69, 9.17) is 20.8 Å². The number of alkyl halides is 1. The van der Waals surface area contributed by atoms with E-state index in [1.165, 1.54) is 11.1 Å². The van der Waals surface area contributed by atoms with E-state index in [1.807, 2.05) is 12.3 Å². The van der Waals surface area contributed by atoms with E-state index < -0.39 is 5.41 Å². The van der Waals surface area contributed by atoms with Crippen molar-refractivity contribution in [2.45, 2.75) is 72.3 Å². The first-order valence-electron chi connectivity index (χ1n) is 12.2. The third-order valence-electron chi connectivity index (χ3n) is 10.2. The lowest BCUT2D eigenvalue weighted by atomic mass is 9.38. The van der Waals surface area contributed by atoms with Crippen LogP contribution in [0.4, 0.5) is 0 Å². The van der Waals surface area contributed by atoms with Gasteiger partial charge in [-0.1, -0.05) is 52.3 Å². The fourth-order valence-electron chi connectivity index (χ4n) is 8.59. The Bertz CT molecular complexity index is 1040. The quantitative estimate of drug-likeness (QED) is 0.289. The van der Waals surface area contributed by atoms with E-state index in [0.717, 1.165) is 19.3 Å². The first-order chi connectivity index (χ1) is 15.5. The van der Waals surface area contributed by atoms with Crippen LogP contribution in [0.5, 0.6) is 0 Å². The van der Waals surface area contributed by atoms with E-state index in [1.54, 1.807) is 6.26 Å². The highest BCUT2D eigenvalue weighted by atomic mass is 35.5. The molecule has 7 atom stereocenters. The molecule has 0 aliphatic heterocycles. The monoisotopic (exact) mass is 470 g/mol. The maximum absolute atomic E-state index is 12.9. The van der Waals surface area contributed by atoms with Crippen molar-refractivity contribution < 1.29 is 18.7 Å². The number of carbonyl (C=O) groups excluding carboxylic acids is 2. The van der Waals surface area contributed by atoms with Gasteiger partial charge in [-0.3, -0.25) is 9.59 Å². The Kier molecular flexibility index (Phi) is 5.11. The molecule has 4 aliphatic carbocycles. The Balaban J connectivity index is 1.64. The third kappa shape index (κ3) is 2.95. The number of halogens is 1. The van der Waals surface area contributed by atoms with Gasteiger partial charge in [0.25, 0.3) is 0 Å². The topological polar surface area (TPSA) is 56.5 Å². The van der Waals surface area contributed by atoms with E-state index >= 15 is 0 Å². The second-order valence-corrected chi connectivity index (χ2v) is 12.2. The highest BCUT2D eigenvalue weighted by Crippen LogP contribution is 2.72. The van der Waals surface area contributed by atoms with Gasteiger partial charge in [-0.05, 0) is 72.0 Å². The van der Waals surface area contributed by atoms with Crippen molar-refractivity contribution in [2.75, 3.05) is 5.88 Å². The van der Waals surface area contributed by atoms with Crippen LogP contribution in [0.15, 0.2) is 46.8 Å². The third-order valence-corrected chi connectivity index (χ3v) is 10.5. The van der Waals surface area contributed by atoms with Crippen LogP contribution in [0.1, 0.15) is 71.8 Å². The molecule has 1 aromatic rings. The second-order valence-electron chi connectivity index (χ2n) is 11.9. The highest BCUT2D eigenvalue weighted by molar-refractivity contribution is 6.26. The van der Waals surface area contributed by atoms with Crippen LogP contribution in [0.25, 0.3) is 0 Å². The molecule has 33 heavy (non-hydrogen) atoms. The summed E-state index contributed by atoms with van der Waals surface area (Å²) in [6.45, 7) is 11.1. The van der Waals surface area contributed by atoms with Crippen LogP contribution in [-0.2, 0) is 14.3 Å². The van der Waals surface area contributed by atoms with Crippen molar-refractivity contribution in [2.24, 2.45) is 33.5 Å². The van der Waals surface area contributed by atoms with Crippen LogP contribution >= 0.6 is 11.6 Å². The summed E-state index contributed by atoms with van der Waals surface area (Å²) in [6.07, 6.45) is 13.5. The van der Waals surface area contributed by atoms with E-state index in [2.05, 4.69) is 52.8 Å². The molecule has 0 N–H and O–H groups in total. The van der Waals surface area contributed by atoms with Crippen LogP contribution in [-0.4, -0.2) is 23.7 Å². The van der Waals surface area contributed by atoms with E-state index in [0.29, 0.717) is 12.3 Å². The zero-order valence-electron chi connectivity index (χ0n) is 20.3. The molecule has 2 saturated carbocycles. The summed E-state index contributed by atoms with van der Waals surface area (Å²) in [6, 6.07) is 2.09. The second kappa shape index (κ2) is 7.34. The predicted octanol–water partition coefficient (Wildman–Crippen LogP) is 6.46. The normalized spacial score (nSPS) is 43.3. The molecule has 0 unspecified atom stereocenters. The summed E-state index contributed by atoms with van der Waals surface area (Å²) in [4.78, 5) is 25.4. The smallest absolute Gasteiger partial charge is 0.321 e. The Labute approximate surface area is 201 Å². The number of ketones is 1. The number of hydrogen-bond donors (Lipinski definition) is 0. The molecule has 5 rings (SSSR count). The van der Waals surface area contributed by atoms with Gasteiger partial charge in [0.2, 0.25) is 0 Å². The van der Waals surface area contributed by atoms with Gasteiger partial charge >= 0.3 is 5.97 Å². The van der Waals surface area contributed by atoms with Gasteiger partial charge in [-0.25, -0.2) is 0 Å². The average molecular weight is 471 g/mol. The molecule has 0 saturated heterocycles. The lowest BCUT2D eigenvalue weighted by Crippen LogP contribution is -2.64. The summed E-state index contributed by atoms with van der Waals surface area (Å²) < 4.78 is 11.6. The lowest BCUT2D eigenvalue weighted by molar-refractivity contribution is -0.186. The fraction of sp³-hybridized carbons (Fsp3) is 0.643. The van der Waals surface area contributed by atoms with Crippen LogP contribution in [0.3, 0.4) is 0 Å². The molecule has 5 heteroatoms. The number of rotatable bonds is 3. The van der Waals surface area contributed by atoms with Gasteiger partial charge in [0.15, 0.2) is 5.78 Å². The average Bonchev–Trinajstić information content (AvgIpc) is 3.40. The molecule has 0 aromatic carbocycles. The molecule has 2 fully saturated rings. The standard InChI is InChI=1S/C28H35ClO4/c1-25(2)21-14-23(33-24(31)15-29)28(5)19-7-6-18(17-10-13-32-16-17)26(19,3)11-8-20(28)27(21,4)12-9-22(25)30/h7,9-10,12-13,16,18,20-21,23H,6,8,11,14-15H2,1-5H3/t18-,20+,21-,23+,26-,27+,28-/m0/s1. The number of esters is 1. The number of hydrogen-bond acceptors (Lipinski definition) is 4. The minimum Gasteiger partial charge on any atom is -0.472 e. The first kappa shape index (κ1) is 23.0. The van der Waals surface area contributed by atoms with Gasteiger partial charge in [-0.2, -0.15) is 0 Å². The summed E-state index contributed by atoms with van der Waals surface area (Å²) in [5.41, 5.74) is 1.66. The molecular weight excluding hydrogens is 436 g/mol. The summed E-state index contributed by atoms with van der Waals surface area (Å²) in [7, 11) is 0. The largest absolute Gasteiger partial charge is 0.472 e. The Morgan fingerprint density at radius 3 is 2.64 bits per heavy atom. The van der Waals surface area contributed by atoms with Crippen LogP contribution in [0, 0.1) is 33.5 Å². The van der Waals surface area contributed by atoms with Crippen LogP contribution < -0.4 is 0 Å². The number of ether oxygens (including phenoxy) is 1. The van der Waals surface area contributed by atoms with Crippen molar-refractivity contribution in [1.82, 2.24) is 0 Å². The molecule has 1 aromatic heterocycles. The summed E-state index contributed by atoms with van der Waals surface area (Å²) in [5, 5.41) is 0. The van der Waals surface area contributed by atoms with Gasteiger partial charge < -0.3 is 9.15 Å². The Morgan fingerprint density at radius 1 is 1.21 bits per heavy atom. The van der Waals surface area contributed by atoms with Gasteiger partial charge in [0.05, 0.1) is 12.5 Å². The van der Waals surface area contributed by atoms with E-state index in [9.17, 15) is 9.59 Å². The molecule has 4 aliphatic rings. The predicted molar refractivity (Wildman–Crippen MR) is 128 cm³/mol. The molecule has 0 bridgehead atoms. The molecule has 0 radical (unpaired) electrons. The molecule has 4 nitrogen and oxygen atoms in total. The molecule has 0 spiro atoms. The Morgan fingerprint density at radius 2 is 1.97 bits per heavy atom. The van der Waals surface area contributed by atoms with Crippen molar-refractivity contribution in [3.8, 4) is 0 Å². The molecule has 1 heterocycles. The number of furan rings is 1. The molecule has 178 valence electrons. The number of allylic oxidation sites excluding steroid dienone is 3. The molecule has 0 amide bonds. The van der Waals surface area contributed by atoms with E-state index in [-0.39, 0.29) is 51.8 Å². The van der Waals surface area contributed by atoms with Crippen LogP contribution in [0.2, 0.25) is 0 Å². The summed E-state index contributed by atoms with van der Waals surface area (Å²) >= 11 is 5.90. The number of carbonyl (C=O) groups is 2. The maximum atomic E-state index is 12.9.